The average Bonchev–Trinajstić information content (AvgIpc) is 2.53. The van der Waals surface area contributed by atoms with Gasteiger partial charge in [0.2, 0.25) is 0 Å². The first-order valence-corrected chi connectivity index (χ1v) is 3.99. The molecule has 0 amide bonds. The first-order valence-electron chi connectivity index (χ1n) is 3.99. The van der Waals surface area contributed by atoms with Gasteiger partial charge >= 0.3 is 0 Å². The van der Waals surface area contributed by atoms with Crippen molar-refractivity contribution in [2.45, 2.75) is 6.54 Å². The van der Waals surface area contributed by atoms with Crippen LogP contribution in [0.3, 0.4) is 0 Å². The van der Waals surface area contributed by atoms with Gasteiger partial charge in [0.05, 0.1) is 6.54 Å². The summed E-state index contributed by atoms with van der Waals surface area (Å²) >= 11 is 0. The van der Waals surface area contributed by atoms with Gasteiger partial charge < -0.3 is 10.6 Å². The molecule has 1 aromatic rings. The summed E-state index contributed by atoms with van der Waals surface area (Å²) in [6, 6.07) is 0. The number of rotatable bonds is 2. The molecule has 0 bridgehead atoms. The van der Waals surface area contributed by atoms with Gasteiger partial charge in [-0.05, 0) is 0 Å². The van der Waals surface area contributed by atoms with E-state index in [0.717, 1.165) is 11.8 Å². The molecule has 0 fully saturated rings. The molecule has 0 saturated carbocycles. The van der Waals surface area contributed by atoms with E-state index in [4.69, 9.17) is 0 Å². The van der Waals surface area contributed by atoms with Gasteiger partial charge in [-0.2, -0.15) is 5.10 Å². The van der Waals surface area contributed by atoms with Crippen LogP contribution in [-0.2, 0) is 13.6 Å². The molecule has 0 atom stereocenters. The minimum Gasteiger partial charge on any atom is -0.359 e. The van der Waals surface area contributed by atoms with Gasteiger partial charge in [0.1, 0.15) is 6.33 Å². The Balaban J connectivity index is 2.43. The Hall–Kier alpha value is -1.59. The first kappa shape index (κ1) is 9.50. The Morgan fingerprint density at radius 2 is 2.46 bits per heavy atom. The SMILES string of the molecule is CN=C(NC)NCc1ncn(C)n1. The van der Waals surface area contributed by atoms with Gasteiger partial charge in [0.25, 0.3) is 0 Å². The zero-order valence-corrected chi connectivity index (χ0v) is 8.07. The summed E-state index contributed by atoms with van der Waals surface area (Å²) in [7, 11) is 5.36. The summed E-state index contributed by atoms with van der Waals surface area (Å²) in [5, 5.41) is 10.1. The fraction of sp³-hybridized carbons (Fsp3) is 0.571. The van der Waals surface area contributed by atoms with Gasteiger partial charge in [0.15, 0.2) is 11.8 Å². The van der Waals surface area contributed by atoms with Crippen molar-refractivity contribution in [2.75, 3.05) is 14.1 Å². The zero-order chi connectivity index (χ0) is 9.68. The van der Waals surface area contributed by atoms with Gasteiger partial charge in [-0.3, -0.25) is 9.67 Å². The number of nitrogens with zero attached hydrogens (tertiary/aromatic N) is 4. The summed E-state index contributed by atoms with van der Waals surface area (Å²) < 4.78 is 1.67. The summed E-state index contributed by atoms with van der Waals surface area (Å²) in [6.45, 7) is 0.578. The highest BCUT2D eigenvalue weighted by molar-refractivity contribution is 5.79. The predicted molar refractivity (Wildman–Crippen MR) is 50.3 cm³/mol. The third-order valence-electron chi connectivity index (χ3n) is 1.52. The Morgan fingerprint density at radius 3 is 2.92 bits per heavy atom. The highest BCUT2D eigenvalue weighted by Gasteiger charge is 1.98. The monoisotopic (exact) mass is 182 g/mol. The van der Waals surface area contributed by atoms with E-state index in [0.29, 0.717) is 6.54 Å². The van der Waals surface area contributed by atoms with E-state index in [-0.39, 0.29) is 0 Å². The lowest BCUT2D eigenvalue weighted by Gasteiger charge is -2.05. The molecule has 0 aliphatic carbocycles. The van der Waals surface area contributed by atoms with Crippen molar-refractivity contribution < 1.29 is 0 Å². The molecule has 1 aromatic heterocycles. The standard InChI is InChI=1S/C7H14N6/c1-8-7(9-2)10-4-6-11-5-13(3)12-6/h5H,4H2,1-3H3,(H2,8,9,10). The van der Waals surface area contributed by atoms with Crippen LogP contribution in [-0.4, -0.2) is 34.8 Å². The smallest absolute Gasteiger partial charge is 0.191 e. The number of hydrogen-bond acceptors (Lipinski definition) is 3. The molecule has 13 heavy (non-hydrogen) atoms. The normalized spacial score (nSPS) is 11.5. The van der Waals surface area contributed by atoms with Crippen molar-refractivity contribution in [3.63, 3.8) is 0 Å². The molecule has 0 aliphatic heterocycles. The first-order chi connectivity index (χ1) is 6.26. The van der Waals surface area contributed by atoms with Crippen molar-refractivity contribution in [1.29, 1.82) is 0 Å². The van der Waals surface area contributed by atoms with E-state index >= 15 is 0 Å². The predicted octanol–water partition coefficient (Wildman–Crippen LogP) is -0.890. The molecule has 6 nitrogen and oxygen atoms in total. The number of nitrogens with one attached hydrogen (secondary N) is 2. The molecule has 1 rings (SSSR count). The minimum absolute atomic E-state index is 0.578. The highest BCUT2D eigenvalue weighted by Crippen LogP contribution is 1.85. The molecule has 6 heteroatoms. The number of aryl methyl sites for hydroxylation is 1. The van der Waals surface area contributed by atoms with Crippen LogP contribution in [0, 0.1) is 0 Å². The molecule has 0 saturated heterocycles. The van der Waals surface area contributed by atoms with Crippen LogP contribution in [0.4, 0.5) is 0 Å². The van der Waals surface area contributed by atoms with Crippen molar-refractivity contribution in [3.05, 3.63) is 12.2 Å². The van der Waals surface area contributed by atoms with Gasteiger partial charge in [-0.25, -0.2) is 4.98 Å². The van der Waals surface area contributed by atoms with E-state index in [1.165, 1.54) is 0 Å². The van der Waals surface area contributed by atoms with E-state index in [2.05, 4.69) is 25.7 Å². The molecular formula is C7H14N6. The van der Waals surface area contributed by atoms with E-state index in [9.17, 15) is 0 Å². The summed E-state index contributed by atoms with van der Waals surface area (Å²) in [4.78, 5) is 8.02. The van der Waals surface area contributed by atoms with E-state index in [1.807, 2.05) is 7.05 Å². The largest absolute Gasteiger partial charge is 0.359 e. The van der Waals surface area contributed by atoms with Crippen molar-refractivity contribution in [1.82, 2.24) is 25.4 Å². The lowest BCUT2D eigenvalue weighted by Crippen LogP contribution is -2.34. The second kappa shape index (κ2) is 4.44. The maximum Gasteiger partial charge on any atom is 0.191 e. The third kappa shape index (κ3) is 2.73. The maximum atomic E-state index is 4.11. The zero-order valence-electron chi connectivity index (χ0n) is 8.07. The molecule has 0 spiro atoms. The maximum absolute atomic E-state index is 4.11. The van der Waals surface area contributed by atoms with Crippen molar-refractivity contribution in [2.24, 2.45) is 12.0 Å². The van der Waals surface area contributed by atoms with Crippen LogP contribution >= 0.6 is 0 Å². The minimum atomic E-state index is 0.578. The van der Waals surface area contributed by atoms with Gasteiger partial charge in [-0.1, -0.05) is 0 Å². The molecule has 0 radical (unpaired) electrons. The Morgan fingerprint density at radius 1 is 1.69 bits per heavy atom. The number of guanidine groups is 1. The highest BCUT2D eigenvalue weighted by atomic mass is 15.3. The topological polar surface area (TPSA) is 67.1 Å². The Bertz CT molecular complexity index is 289. The number of aliphatic imine (C=N–C) groups is 1. The van der Waals surface area contributed by atoms with Gasteiger partial charge in [0, 0.05) is 21.1 Å². The van der Waals surface area contributed by atoms with Crippen LogP contribution in [0.2, 0.25) is 0 Å². The average molecular weight is 182 g/mol. The lowest BCUT2D eigenvalue weighted by atomic mass is 10.6. The van der Waals surface area contributed by atoms with Crippen LogP contribution < -0.4 is 10.6 Å². The number of hydrogen-bond donors (Lipinski definition) is 2. The van der Waals surface area contributed by atoms with Crippen LogP contribution in [0.5, 0.6) is 0 Å². The fourth-order valence-electron chi connectivity index (χ4n) is 0.907. The Labute approximate surface area is 77.1 Å². The Kier molecular flexibility index (Phi) is 3.24. The molecule has 72 valence electrons. The second-order valence-electron chi connectivity index (χ2n) is 2.51. The summed E-state index contributed by atoms with van der Waals surface area (Å²) in [5.74, 6) is 1.48. The third-order valence-corrected chi connectivity index (χ3v) is 1.52. The van der Waals surface area contributed by atoms with E-state index < -0.39 is 0 Å². The molecule has 0 unspecified atom stereocenters. The van der Waals surface area contributed by atoms with Crippen molar-refractivity contribution >= 4 is 5.96 Å². The molecule has 2 N–H and O–H groups in total. The molecule has 1 heterocycles. The molecular weight excluding hydrogens is 168 g/mol. The number of aromatic nitrogens is 3. The molecule has 0 aliphatic rings. The van der Waals surface area contributed by atoms with Crippen LogP contribution in [0.1, 0.15) is 5.82 Å². The molecule has 0 aromatic carbocycles. The van der Waals surface area contributed by atoms with Crippen LogP contribution in [0.15, 0.2) is 11.3 Å². The van der Waals surface area contributed by atoms with Crippen molar-refractivity contribution in [3.8, 4) is 0 Å². The summed E-state index contributed by atoms with van der Waals surface area (Å²) in [5.41, 5.74) is 0. The fourth-order valence-corrected chi connectivity index (χ4v) is 0.907. The second-order valence-corrected chi connectivity index (χ2v) is 2.51. The van der Waals surface area contributed by atoms with Gasteiger partial charge in [-0.15, -0.1) is 0 Å². The summed E-state index contributed by atoms with van der Waals surface area (Å²) in [6.07, 6.45) is 1.67. The quantitative estimate of drug-likeness (QED) is 0.460. The van der Waals surface area contributed by atoms with E-state index in [1.54, 1.807) is 25.1 Å². The van der Waals surface area contributed by atoms with Crippen LogP contribution in [0.25, 0.3) is 0 Å². The lowest BCUT2D eigenvalue weighted by molar-refractivity contribution is 0.724.